The highest BCUT2D eigenvalue weighted by atomic mass is 19.1. The van der Waals surface area contributed by atoms with E-state index in [1.165, 1.54) is 23.1 Å². The largest absolute Gasteiger partial charge is 0.381 e. The molecule has 3 heterocycles. The van der Waals surface area contributed by atoms with Crippen molar-refractivity contribution in [2.45, 2.75) is 38.4 Å². The predicted octanol–water partition coefficient (Wildman–Crippen LogP) is 2.03. The van der Waals surface area contributed by atoms with Crippen LogP contribution in [0.5, 0.6) is 0 Å². The number of morpholine rings is 1. The van der Waals surface area contributed by atoms with Crippen LogP contribution in [0.25, 0.3) is 0 Å². The number of piperidine rings is 1. The Labute approximate surface area is 205 Å². The molecule has 0 saturated carbocycles. The molecule has 9 heteroatoms. The van der Waals surface area contributed by atoms with E-state index >= 15 is 4.39 Å². The molecular weight excluding hydrogens is 439 g/mol. The smallest absolute Gasteiger partial charge is 0.255 e. The normalized spacial score (nSPS) is 26.9. The molecule has 2 aromatic rings. The van der Waals surface area contributed by atoms with Crippen molar-refractivity contribution >= 4 is 23.4 Å². The van der Waals surface area contributed by atoms with Gasteiger partial charge in [0.1, 0.15) is 11.9 Å². The summed E-state index contributed by atoms with van der Waals surface area (Å²) in [5, 5.41) is 4.89. The molecule has 0 bridgehead atoms. The first-order valence-corrected chi connectivity index (χ1v) is 10.9. The molecule has 2 N–H and O–H groups in total. The van der Waals surface area contributed by atoms with E-state index in [9.17, 15) is 14.4 Å². The maximum atomic E-state index is 15.6. The van der Waals surface area contributed by atoms with Gasteiger partial charge >= 0.3 is 0 Å². The Morgan fingerprint density at radius 1 is 1.15 bits per heavy atom. The minimum absolute atomic E-state index is 0.0642. The lowest BCUT2D eigenvalue weighted by Gasteiger charge is -2.29. The molecule has 3 aliphatic rings. The Hall–Kier alpha value is -3.30. The van der Waals surface area contributed by atoms with E-state index in [2.05, 4.69) is 5.32 Å². The van der Waals surface area contributed by atoms with Crippen molar-refractivity contribution in [2.75, 3.05) is 31.6 Å². The molecule has 0 radical (unpaired) electrons. The van der Waals surface area contributed by atoms with Crippen LogP contribution < -0.4 is 10.6 Å². The van der Waals surface area contributed by atoms with Crippen LogP contribution >= 0.6 is 0 Å². The van der Waals surface area contributed by atoms with E-state index in [4.69, 9.17) is 13.0 Å². The van der Waals surface area contributed by atoms with Crippen LogP contribution in [0, 0.1) is 5.82 Å². The molecule has 34 heavy (non-hydrogen) atoms. The van der Waals surface area contributed by atoms with Crippen LogP contribution in [-0.4, -0.2) is 59.9 Å². The maximum Gasteiger partial charge on any atom is 0.255 e. The highest BCUT2D eigenvalue weighted by Gasteiger charge is 2.39. The van der Waals surface area contributed by atoms with Gasteiger partial charge < -0.3 is 15.0 Å². The topological polar surface area (TPSA) is 91.0 Å². The fourth-order valence-electron chi connectivity index (χ4n) is 4.20. The van der Waals surface area contributed by atoms with Gasteiger partial charge in [-0.05, 0) is 18.5 Å². The summed E-state index contributed by atoms with van der Waals surface area (Å²) in [4.78, 5) is 40.2. The molecule has 0 spiro atoms. The number of hydrogen-bond acceptors (Lipinski definition) is 6. The van der Waals surface area contributed by atoms with E-state index < -0.39 is 48.8 Å². The summed E-state index contributed by atoms with van der Waals surface area (Å²) in [7, 11) is 0. The Morgan fingerprint density at radius 2 is 1.91 bits per heavy atom. The Balaban J connectivity index is 1.38. The lowest BCUT2D eigenvalue weighted by molar-refractivity contribution is -0.136. The van der Waals surface area contributed by atoms with Crippen molar-refractivity contribution in [3.05, 3.63) is 64.5 Å². The van der Waals surface area contributed by atoms with Crippen LogP contribution in [0.2, 0.25) is 0 Å². The molecule has 8 nitrogen and oxygen atoms in total. The zero-order chi connectivity index (χ0) is 29.0. The second-order valence-electron chi connectivity index (χ2n) is 8.10. The molecule has 1 atom stereocenters. The first-order valence-electron chi connectivity index (χ1n) is 13.9. The average molecular weight is 473 g/mol. The lowest BCUT2D eigenvalue weighted by Crippen LogP contribution is -2.52. The average Bonchev–Trinajstić information content (AvgIpc) is 3.23. The summed E-state index contributed by atoms with van der Waals surface area (Å²) in [6, 6.07) is 7.25. The zero-order valence-corrected chi connectivity index (χ0v) is 18.2. The summed E-state index contributed by atoms with van der Waals surface area (Å²) >= 11 is 0. The van der Waals surface area contributed by atoms with Gasteiger partial charge in [0.2, 0.25) is 11.8 Å². The molecule has 3 amide bonds. The molecule has 178 valence electrons. The van der Waals surface area contributed by atoms with Gasteiger partial charge in [-0.15, -0.1) is 0 Å². The number of benzene rings is 2. The van der Waals surface area contributed by atoms with Gasteiger partial charge in [0.25, 0.3) is 5.91 Å². The summed E-state index contributed by atoms with van der Waals surface area (Å²) in [6.45, 7) is -1.03. The van der Waals surface area contributed by atoms with Gasteiger partial charge in [0.05, 0.1) is 13.2 Å². The number of nitrogens with zero attached hydrogens (tertiary/aromatic N) is 2. The summed E-state index contributed by atoms with van der Waals surface area (Å²) in [5.41, 5.74) is 1.04. The molecule has 2 fully saturated rings. The summed E-state index contributed by atoms with van der Waals surface area (Å²) < 4.78 is 70.2. The molecule has 5 rings (SSSR count). The van der Waals surface area contributed by atoms with Crippen molar-refractivity contribution in [1.82, 2.24) is 15.1 Å². The molecule has 2 saturated heterocycles. The SMILES string of the molecule is [2H]C([2H])(c1cccc(CNc2cccc3c2CN(C2C(=O)NC(=O)C([2H])([2H])C2([2H])[2H])C3=O)c1F)N1CCOCC1. The quantitative estimate of drug-likeness (QED) is 0.626. The Kier molecular flexibility index (Phi) is 4.58. The maximum absolute atomic E-state index is 15.6. The number of halogens is 1. The van der Waals surface area contributed by atoms with Crippen LogP contribution in [0.15, 0.2) is 36.4 Å². The molecule has 0 aromatic heterocycles. The monoisotopic (exact) mass is 472 g/mol. The van der Waals surface area contributed by atoms with Gasteiger partial charge in [-0.1, -0.05) is 24.3 Å². The Morgan fingerprint density at radius 3 is 2.74 bits per heavy atom. The molecule has 2 aromatic carbocycles. The van der Waals surface area contributed by atoms with Gasteiger partial charge in [-0.3, -0.25) is 24.6 Å². The van der Waals surface area contributed by atoms with E-state index in [-0.39, 0.29) is 29.8 Å². The lowest BCUT2D eigenvalue weighted by atomic mass is 10.0. The van der Waals surface area contributed by atoms with Gasteiger partial charge in [-0.2, -0.15) is 0 Å². The van der Waals surface area contributed by atoms with Gasteiger partial charge in [0, 0.05) is 75.2 Å². The highest BCUT2D eigenvalue weighted by molar-refractivity contribution is 6.06. The zero-order valence-electron chi connectivity index (χ0n) is 24.2. The number of carbonyl (C=O) groups is 3. The second-order valence-corrected chi connectivity index (χ2v) is 8.10. The molecule has 1 unspecified atom stereocenters. The molecular formula is C25H27FN4O4. The number of imide groups is 1. The number of rotatable bonds is 6. The van der Waals surface area contributed by atoms with Crippen molar-refractivity contribution < 1.29 is 31.7 Å². The number of fused-ring (bicyclic) bond motifs is 1. The first-order chi connectivity index (χ1) is 18.8. The minimum atomic E-state index is -3.06. The Bertz CT molecular complexity index is 1390. The summed E-state index contributed by atoms with van der Waals surface area (Å²) in [6.07, 6.45) is -6.06. The van der Waals surface area contributed by atoms with Crippen molar-refractivity contribution in [2.24, 2.45) is 0 Å². The number of ether oxygens (including phenoxy) is 1. The number of carbonyl (C=O) groups excluding carboxylic acids is 3. The molecule has 3 aliphatic heterocycles. The van der Waals surface area contributed by atoms with E-state index in [0.29, 0.717) is 37.6 Å². The fraction of sp³-hybridized carbons (Fsp3) is 0.400. The van der Waals surface area contributed by atoms with Crippen molar-refractivity contribution in [1.29, 1.82) is 0 Å². The standard InChI is InChI=1S/C25H27FN4O4/c26-23-16(3-1-4-17(23)14-29-9-11-34-12-10-29)13-27-20-6-2-5-18-19(20)15-30(25(18)33)21-7-8-22(31)28-24(21)32/h1-6,21,27H,7-15H2,(H,28,31,32)/i7D2,8D2,14D2. The van der Waals surface area contributed by atoms with Crippen LogP contribution in [0.4, 0.5) is 10.1 Å². The number of nitrogens with one attached hydrogen (secondary N) is 2. The highest BCUT2D eigenvalue weighted by Crippen LogP contribution is 2.32. The van der Waals surface area contributed by atoms with Crippen LogP contribution in [0.1, 0.15) is 48.0 Å². The van der Waals surface area contributed by atoms with E-state index in [1.807, 2.05) is 5.32 Å². The van der Waals surface area contributed by atoms with Crippen molar-refractivity contribution in [3.63, 3.8) is 0 Å². The first kappa shape index (κ1) is 16.3. The third-order valence-electron chi connectivity index (χ3n) is 5.95. The van der Waals surface area contributed by atoms with Crippen molar-refractivity contribution in [3.8, 4) is 0 Å². The number of anilines is 1. The molecule has 0 aliphatic carbocycles. The van der Waals surface area contributed by atoms with Crippen LogP contribution in [-0.2, 0) is 33.9 Å². The third-order valence-corrected chi connectivity index (χ3v) is 5.95. The van der Waals surface area contributed by atoms with Gasteiger partial charge in [-0.25, -0.2) is 4.39 Å². The fourth-order valence-corrected chi connectivity index (χ4v) is 4.20. The predicted molar refractivity (Wildman–Crippen MR) is 122 cm³/mol. The van der Waals surface area contributed by atoms with E-state index in [1.54, 1.807) is 18.2 Å². The van der Waals surface area contributed by atoms with Crippen LogP contribution in [0.3, 0.4) is 0 Å². The second kappa shape index (κ2) is 9.52. The number of amides is 3. The third kappa shape index (κ3) is 4.41. The minimum Gasteiger partial charge on any atom is -0.381 e. The number of hydrogen-bond donors (Lipinski definition) is 2. The summed E-state index contributed by atoms with van der Waals surface area (Å²) in [5.74, 6) is -3.95. The van der Waals surface area contributed by atoms with E-state index in [0.717, 1.165) is 4.90 Å². The van der Waals surface area contributed by atoms with Gasteiger partial charge in [0.15, 0.2) is 0 Å².